The zero-order valence-electron chi connectivity index (χ0n) is 16.8. The molecule has 0 bridgehead atoms. The van der Waals surface area contributed by atoms with E-state index < -0.39 is 0 Å². The number of aromatic nitrogens is 4. The number of hydrogen-bond donors (Lipinski definition) is 2. The van der Waals surface area contributed by atoms with Crippen LogP contribution in [0, 0.1) is 27.7 Å². The maximum Gasteiger partial charge on any atom is 0.254 e. The molecule has 0 unspecified atom stereocenters. The average Bonchev–Trinajstić information content (AvgIpc) is 3.00. The van der Waals surface area contributed by atoms with Crippen LogP contribution in [0.1, 0.15) is 46.9 Å². The van der Waals surface area contributed by atoms with Gasteiger partial charge in [-0.1, -0.05) is 18.2 Å². The van der Waals surface area contributed by atoms with Crippen LogP contribution < -0.4 is 10.9 Å². The van der Waals surface area contributed by atoms with Gasteiger partial charge in [-0.25, -0.2) is 9.67 Å². The van der Waals surface area contributed by atoms with Crippen molar-refractivity contribution in [2.45, 2.75) is 47.1 Å². The fourth-order valence-corrected chi connectivity index (χ4v) is 3.38. The highest BCUT2D eigenvalue weighted by atomic mass is 16.2. The summed E-state index contributed by atoms with van der Waals surface area (Å²) in [7, 11) is 0. The van der Waals surface area contributed by atoms with Crippen LogP contribution in [0.4, 0.5) is 0 Å². The third kappa shape index (κ3) is 3.88. The molecule has 28 heavy (non-hydrogen) atoms. The fourth-order valence-electron chi connectivity index (χ4n) is 3.38. The van der Waals surface area contributed by atoms with Gasteiger partial charge in [0.25, 0.3) is 5.56 Å². The number of nitrogens with zero attached hydrogens (tertiary/aromatic N) is 3. The van der Waals surface area contributed by atoms with Crippen LogP contribution >= 0.6 is 0 Å². The summed E-state index contributed by atoms with van der Waals surface area (Å²) in [6.45, 7) is 9.39. The second kappa shape index (κ2) is 7.80. The summed E-state index contributed by atoms with van der Waals surface area (Å²) in [4.78, 5) is 31.5. The Morgan fingerprint density at radius 3 is 2.61 bits per heavy atom. The van der Waals surface area contributed by atoms with Crippen molar-refractivity contribution in [1.29, 1.82) is 0 Å². The molecule has 146 valence electrons. The average molecular weight is 379 g/mol. The first-order valence-electron chi connectivity index (χ1n) is 9.24. The molecule has 0 aliphatic carbocycles. The Morgan fingerprint density at radius 2 is 1.93 bits per heavy atom. The van der Waals surface area contributed by atoms with E-state index in [4.69, 9.17) is 0 Å². The molecule has 2 N–H and O–H groups in total. The number of rotatable bonds is 5. The Kier molecular flexibility index (Phi) is 5.44. The number of carbonyl (C=O) groups excluding carboxylic acids is 1. The minimum Gasteiger partial charge on any atom is -0.349 e. The van der Waals surface area contributed by atoms with E-state index in [2.05, 4.69) is 20.4 Å². The van der Waals surface area contributed by atoms with Crippen molar-refractivity contribution in [2.75, 3.05) is 0 Å². The Bertz CT molecular complexity index is 1080. The van der Waals surface area contributed by atoms with Crippen molar-refractivity contribution < 1.29 is 4.79 Å². The van der Waals surface area contributed by atoms with Crippen LogP contribution in [0.25, 0.3) is 5.69 Å². The molecule has 1 atom stereocenters. The molecule has 0 spiro atoms. The number of para-hydroxylation sites is 1. The van der Waals surface area contributed by atoms with Crippen LogP contribution in [0.5, 0.6) is 0 Å². The third-order valence-corrected chi connectivity index (χ3v) is 4.91. The highest BCUT2D eigenvalue weighted by Gasteiger charge is 2.18. The number of nitrogens with one attached hydrogen (secondary N) is 2. The third-order valence-electron chi connectivity index (χ3n) is 4.91. The maximum absolute atomic E-state index is 12.5. The number of benzene rings is 1. The second-order valence-corrected chi connectivity index (χ2v) is 7.06. The molecule has 2 heterocycles. The van der Waals surface area contributed by atoms with Gasteiger partial charge in [0, 0.05) is 22.5 Å². The Labute approximate surface area is 163 Å². The summed E-state index contributed by atoms with van der Waals surface area (Å²) in [5, 5.41) is 7.46. The van der Waals surface area contributed by atoms with Crippen molar-refractivity contribution in [3.05, 3.63) is 74.7 Å². The zero-order valence-corrected chi connectivity index (χ0v) is 16.8. The van der Waals surface area contributed by atoms with Gasteiger partial charge in [-0.05, 0) is 46.2 Å². The number of amides is 1. The fraction of sp³-hybridized carbons (Fsp3) is 0.333. The molecular formula is C21H25N5O2. The zero-order chi connectivity index (χ0) is 20.4. The lowest BCUT2D eigenvalue weighted by Crippen LogP contribution is -2.31. The van der Waals surface area contributed by atoms with E-state index in [1.165, 1.54) is 0 Å². The van der Waals surface area contributed by atoms with Crippen molar-refractivity contribution in [2.24, 2.45) is 0 Å². The van der Waals surface area contributed by atoms with Crippen LogP contribution in [-0.2, 0) is 11.2 Å². The summed E-state index contributed by atoms with van der Waals surface area (Å²) >= 11 is 0. The maximum atomic E-state index is 12.5. The normalized spacial score (nSPS) is 12.0. The number of carbonyl (C=O) groups is 1. The minimum absolute atomic E-state index is 0.0102. The van der Waals surface area contributed by atoms with Crippen LogP contribution in [-0.4, -0.2) is 25.7 Å². The molecule has 7 heteroatoms. The lowest BCUT2D eigenvalue weighted by Gasteiger charge is -2.15. The molecule has 3 rings (SSSR count). The van der Waals surface area contributed by atoms with E-state index in [0.717, 1.165) is 22.5 Å². The number of H-pyrrole nitrogens is 1. The van der Waals surface area contributed by atoms with Crippen molar-refractivity contribution >= 4 is 5.91 Å². The second-order valence-electron chi connectivity index (χ2n) is 7.06. The van der Waals surface area contributed by atoms with E-state index in [9.17, 15) is 9.59 Å². The number of aromatic amines is 1. The van der Waals surface area contributed by atoms with Crippen LogP contribution in [0.3, 0.4) is 0 Å². The van der Waals surface area contributed by atoms with Crippen LogP contribution in [0.2, 0.25) is 0 Å². The molecule has 1 aromatic carbocycles. The van der Waals surface area contributed by atoms with Gasteiger partial charge in [-0.15, -0.1) is 0 Å². The first-order chi connectivity index (χ1) is 13.3. The molecule has 0 saturated heterocycles. The highest BCUT2D eigenvalue weighted by Crippen LogP contribution is 2.22. The van der Waals surface area contributed by atoms with Crippen molar-refractivity contribution in [3.8, 4) is 5.69 Å². The van der Waals surface area contributed by atoms with E-state index in [0.29, 0.717) is 17.1 Å². The van der Waals surface area contributed by atoms with E-state index in [1.807, 2.05) is 49.7 Å². The Hall–Kier alpha value is -3.22. The summed E-state index contributed by atoms with van der Waals surface area (Å²) in [6.07, 6.45) is 1.77. The summed E-state index contributed by atoms with van der Waals surface area (Å²) in [5.41, 5.74) is 4.74. The molecule has 2 aromatic heterocycles. The van der Waals surface area contributed by atoms with E-state index in [1.54, 1.807) is 20.0 Å². The van der Waals surface area contributed by atoms with Gasteiger partial charge in [0.2, 0.25) is 5.91 Å². The van der Waals surface area contributed by atoms with E-state index >= 15 is 0 Å². The lowest BCUT2D eigenvalue weighted by atomic mass is 10.1. The summed E-state index contributed by atoms with van der Waals surface area (Å²) in [5.74, 6) is 0.314. The molecule has 0 aliphatic rings. The number of hydrogen-bond acceptors (Lipinski definition) is 4. The largest absolute Gasteiger partial charge is 0.349 e. The minimum atomic E-state index is -0.267. The first-order valence-corrected chi connectivity index (χ1v) is 9.24. The molecule has 1 amide bonds. The summed E-state index contributed by atoms with van der Waals surface area (Å²) < 4.78 is 1.88. The predicted octanol–water partition coefficient (Wildman–Crippen LogP) is 2.61. The van der Waals surface area contributed by atoms with Gasteiger partial charge in [0.05, 0.1) is 24.3 Å². The first kappa shape index (κ1) is 19.5. The van der Waals surface area contributed by atoms with Gasteiger partial charge in [0.15, 0.2) is 0 Å². The smallest absolute Gasteiger partial charge is 0.254 e. The lowest BCUT2D eigenvalue weighted by molar-refractivity contribution is -0.121. The van der Waals surface area contributed by atoms with Gasteiger partial charge in [-0.3, -0.25) is 9.59 Å². The molecule has 7 nitrogen and oxygen atoms in total. The Morgan fingerprint density at radius 1 is 1.21 bits per heavy atom. The topological polar surface area (TPSA) is 92.7 Å². The number of aryl methyl sites for hydroxylation is 3. The summed E-state index contributed by atoms with van der Waals surface area (Å²) in [6, 6.07) is 7.79. The molecule has 0 aliphatic heterocycles. The quantitative estimate of drug-likeness (QED) is 0.713. The van der Waals surface area contributed by atoms with Gasteiger partial charge in [0.1, 0.15) is 5.82 Å². The standard InChI is InChI=1S/C21H25N5O2/c1-12-8-6-7-9-19(12)26-15(4)18(11-22-26)14(3)24-20(27)10-17-13(2)23-16(5)25-21(17)28/h6-9,11,14H,10H2,1-5H3,(H,24,27)(H,23,25,28)/t14-/m0/s1. The Balaban J connectivity index is 1.77. The molecular weight excluding hydrogens is 354 g/mol. The molecule has 0 fully saturated rings. The SMILES string of the molecule is Cc1nc(C)c(CC(=O)N[C@@H](C)c2cnn(-c3ccccc3C)c2C)c(=O)[nH]1. The molecule has 3 aromatic rings. The molecule has 0 radical (unpaired) electrons. The molecule has 0 saturated carbocycles. The van der Waals surface area contributed by atoms with E-state index in [-0.39, 0.29) is 23.9 Å². The monoisotopic (exact) mass is 379 g/mol. The van der Waals surface area contributed by atoms with Crippen molar-refractivity contribution in [1.82, 2.24) is 25.1 Å². The van der Waals surface area contributed by atoms with Crippen LogP contribution in [0.15, 0.2) is 35.3 Å². The van der Waals surface area contributed by atoms with Gasteiger partial charge >= 0.3 is 0 Å². The highest BCUT2D eigenvalue weighted by molar-refractivity contribution is 5.79. The van der Waals surface area contributed by atoms with Gasteiger partial charge in [-0.2, -0.15) is 5.10 Å². The van der Waals surface area contributed by atoms with Gasteiger partial charge < -0.3 is 10.3 Å². The van der Waals surface area contributed by atoms with Crippen molar-refractivity contribution in [3.63, 3.8) is 0 Å². The predicted molar refractivity (Wildman–Crippen MR) is 108 cm³/mol.